The van der Waals surface area contributed by atoms with Crippen LogP contribution in [0.4, 0.5) is 0 Å². The maximum absolute atomic E-state index is 14.0. The van der Waals surface area contributed by atoms with Crippen molar-refractivity contribution >= 4 is 29.5 Å². The SMILES string of the molecule is CC[C@H](C)C(NC(=O)[C@@H](NC(=O)c1ccc(-c2ccccc2)cc1)C1CCCC1)C(=O)N[C@@H](CCCC[N+](C)(C)C)C(=O)N[C@@H](CO)C(N)=O. The van der Waals surface area contributed by atoms with Crippen LogP contribution in [-0.4, -0.2) is 97.6 Å². The van der Waals surface area contributed by atoms with E-state index in [-0.39, 0.29) is 24.2 Å². The number of rotatable bonds is 19. The van der Waals surface area contributed by atoms with Crippen molar-refractivity contribution in [2.75, 3.05) is 34.3 Å². The molecule has 1 fully saturated rings. The van der Waals surface area contributed by atoms with Gasteiger partial charge in [-0.3, -0.25) is 24.0 Å². The minimum atomic E-state index is -1.30. The Labute approximate surface area is 296 Å². The van der Waals surface area contributed by atoms with E-state index in [9.17, 15) is 29.1 Å². The first kappa shape index (κ1) is 40.1. The van der Waals surface area contributed by atoms with Gasteiger partial charge in [0.25, 0.3) is 5.91 Å². The molecule has 5 amide bonds. The maximum atomic E-state index is 14.0. The van der Waals surface area contributed by atoms with Crippen molar-refractivity contribution in [1.29, 1.82) is 0 Å². The van der Waals surface area contributed by atoms with E-state index >= 15 is 0 Å². The van der Waals surface area contributed by atoms with Crippen LogP contribution in [0.3, 0.4) is 0 Å². The molecule has 1 unspecified atom stereocenters. The average Bonchev–Trinajstić information content (AvgIpc) is 3.63. The van der Waals surface area contributed by atoms with Gasteiger partial charge in [-0.2, -0.15) is 0 Å². The highest BCUT2D eigenvalue weighted by atomic mass is 16.3. The van der Waals surface area contributed by atoms with E-state index in [1.165, 1.54) is 0 Å². The van der Waals surface area contributed by atoms with Crippen molar-refractivity contribution in [3.63, 3.8) is 0 Å². The Morgan fingerprint density at radius 3 is 1.96 bits per heavy atom. The normalized spacial score (nSPS) is 16.4. The molecule has 7 N–H and O–H groups in total. The Hall–Kier alpha value is -4.29. The maximum Gasteiger partial charge on any atom is 0.251 e. The lowest BCUT2D eigenvalue weighted by atomic mass is 9.93. The number of aliphatic hydroxyl groups excluding tert-OH is 1. The molecule has 3 rings (SSSR count). The number of nitrogens with two attached hydrogens (primary N) is 1. The molecule has 0 radical (unpaired) electrons. The molecule has 0 aromatic heterocycles. The van der Waals surface area contributed by atoms with Crippen molar-refractivity contribution in [3.8, 4) is 11.1 Å². The second-order valence-corrected chi connectivity index (χ2v) is 14.5. The smallest absolute Gasteiger partial charge is 0.251 e. The van der Waals surface area contributed by atoms with E-state index in [1.807, 2.05) is 56.3 Å². The Kier molecular flexibility index (Phi) is 15.4. The summed E-state index contributed by atoms with van der Waals surface area (Å²) in [6.07, 6.45) is 5.65. The van der Waals surface area contributed by atoms with Gasteiger partial charge in [-0.05, 0) is 67.2 Å². The lowest BCUT2D eigenvalue weighted by Crippen LogP contribution is -2.60. The summed E-state index contributed by atoms with van der Waals surface area (Å²) in [5.74, 6) is -3.32. The van der Waals surface area contributed by atoms with Gasteiger partial charge >= 0.3 is 0 Å². The number of quaternary nitrogens is 1. The van der Waals surface area contributed by atoms with Crippen molar-refractivity contribution < 1.29 is 33.6 Å². The molecule has 12 heteroatoms. The van der Waals surface area contributed by atoms with E-state index in [0.717, 1.165) is 54.3 Å². The summed E-state index contributed by atoms with van der Waals surface area (Å²) in [5.41, 5.74) is 7.75. The van der Waals surface area contributed by atoms with Gasteiger partial charge in [-0.25, -0.2) is 0 Å². The zero-order chi connectivity index (χ0) is 36.8. The average molecular weight is 694 g/mol. The second-order valence-electron chi connectivity index (χ2n) is 14.5. The Morgan fingerprint density at radius 2 is 1.40 bits per heavy atom. The monoisotopic (exact) mass is 693 g/mol. The molecule has 0 spiro atoms. The molecule has 0 bridgehead atoms. The predicted molar refractivity (Wildman–Crippen MR) is 193 cm³/mol. The third-order valence-corrected chi connectivity index (χ3v) is 9.53. The Bertz CT molecular complexity index is 1420. The number of unbranched alkanes of at least 4 members (excludes halogenated alkanes) is 1. The molecular formula is C38H57N6O6+. The Morgan fingerprint density at radius 1 is 0.800 bits per heavy atom. The zero-order valence-electron chi connectivity index (χ0n) is 30.2. The Balaban J connectivity index is 1.78. The number of carbonyl (C=O) groups is 5. The molecule has 50 heavy (non-hydrogen) atoms. The molecule has 0 heterocycles. The van der Waals surface area contributed by atoms with Crippen LogP contribution in [0.15, 0.2) is 54.6 Å². The van der Waals surface area contributed by atoms with Crippen LogP contribution in [0.25, 0.3) is 11.1 Å². The molecule has 12 nitrogen and oxygen atoms in total. The molecule has 0 saturated heterocycles. The number of hydrogen-bond donors (Lipinski definition) is 6. The number of carbonyl (C=O) groups excluding carboxylic acids is 5. The minimum absolute atomic E-state index is 0.0906. The first-order chi connectivity index (χ1) is 23.7. The topological polar surface area (TPSA) is 180 Å². The number of hydrogen-bond acceptors (Lipinski definition) is 6. The van der Waals surface area contributed by atoms with E-state index < -0.39 is 54.4 Å². The van der Waals surface area contributed by atoms with Gasteiger partial charge in [0.2, 0.25) is 23.6 Å². The van der Waals surface area contributed by atoms with Crippen molar-refractivity contribution in [1.82, 2.24) is 21.3 Å². The quantitative estimate of drug-likeness (QED) is 0.0972. The van der Waals surface area contributed by atoms with Gasteiger partial charge in [0.15, 0.2) is 0 Å². The van der Waals surface area contributed by atoms with Crippen molar-refractivity contribution in [2.45, 2.75) is 89.4 Å². The van der Waals surface area contributed by atoms with Gasteiger partial charge in [0, 0.05) is 5.56 Å². The first-order valence-electron chi connectivity index (χ1n) is 17.8. The molecule has 2 aromatic carbocycles. The number of benzene rings is 2. The summed E-state index contributed by atoms with van der Waals surface area (Å²) in [6, 6.07) is 12.9. The third-order valence-electron chi connectivity index (χ3n) is 9.53. The summed E-state index contributed by atoms with van der Waals surface area (Å²) in [6.45, 7) is 3.91. The van der Waals surface area contributed by atoms with Gasteiger partial charge in [0.05, 0.1) is 34.3 Å². The number of primary amides is 1. The van der Waals surface area contributed by atoms with Gasteiger partial charge < -0.3 is 36.6 Å². The molecule has 2 aromatic rings. The summed E-state index contributed by atoms with van der Waals surface area (Å²) >= 11 is 0. The molecule has 274 valence electrons. The van der Waals surface area contributed by atoms with Crippen molar-refractivity contribution in [3.05, 3.63) is 60.2 Å². The second kappa shape index (κ2) is 19.2. The van der Waals surface area contributed by atoms with Crippen LogP contribution in [0, 0.1) is 11.8 Å². The van der Waals surface area contributed by atoms with Crippen LogP contribution in [-0.2, 0) is 19.2 Å². The molecule has 5 atom stereocenters. The number of nitrogens with zero attached hydrogens (tertiary/aromatic N) is 1. The number of nitrogens with one attached hydrogen (secondary N) is 4. The lowest BCUT2D eigenvalue weighted by Gasteiger charge is -2.30. The third kappa shape index (κ3) is 12.2. The molecular weight excluding hydrogens is 636 g/mol. The van der Waals surface area contributed by atoms with Gasteiger partial charge in [-0.1, -0.05) is 75.6 Å². The number of amides is 5. The number of aliphatic hydroxyl groups is 1. The summed E-state index contributed by atoms with van der Waals surface area (Å²) < 4.78 is 0.733. The van der Waals surface area contributed by atoms with E-state index in [0.29, 0.717) is 18.4 Å². The van der Waals surface area contributed by atoms with E-state index in [1.54, 1.807) is 12.1 Å². The molecule has 0 aliphatic heterocycles. The van der Waals surface area contributed by atoms with Crippen LogP contribution in [0.1, 0.15) is 75.6 Å². The van der Waals surface area contributed by atoms with Crippen molar-refractivity contribution in [2.24, 2.45) is 17.6 Å². The molecule has 1 aliphatic rings. The highest BCUT2D eigenvalue weighted by molar-refractivity contribution is 5.99. The zero-order valence-corrected chi connectivity index (χ0v) is 30.2. The summed E-state index contributed by atoms with van der Waals surface area (Å²) in [5, 5.41) is 20.7. The van der Waals surface area contributed by atoms with Crippen LogP contribution >= 0.6 is 0 Å². The van der Waals surface area contributed by atoms with E-state index in [2.05, 4.69) is 42.4 Å². The largest absolute Gasteiger partial charge is 0.394 e. The van der Waals surface area contributed by atoms with Crippen LogP contribution in [0.2, 0.25) is 0 Å². The fraction of sp³-hybridized carbons (Fsp3) is 0.553. The fourth-order valence-corrected chi connectivity index (χ4v) is 6.25. The standard InChI is InChI=1S/C38H56N6O6/c1-6-25(2)32(37(49)40-30(18-12-13-23-44(3,4)5)36(48)41-31(24-45)34(39)46)42-38(50)33(28-16-10-11-17-28)43-35(47)29-21-19-27(20-22-29)26-14-8-7-9-15-26/h7-9,14-15,19-22,25,28,30-33,45H,6,10-13,16-18,23-24H2,1-5H3,(H5-,39,40,41,42,43,46,47,48,49,50)/p+1/t25-,30-,31-,32?,33-/m0/s1. The van der Waals surface area contributed by atoms with Crippen LogP contribution in [0.5, 0.6) is 0 Å². The lowest BCUT2D eigenvalue weighted by molar-refractivity contribution is -0.870. The molecule has 1 saturated carbocycles. The highest BCUT2D eigenvalue weighted by Gasteiger charge is 2.37. The van der Waals surface area contributed by atoms with Gasteiger partial charge in [0.1, 0.15) is 24.2 Å². The minimum Gasteiger partial charge on any atom is -0.394 e. The van der Waals surface area contributed by atoms with Crippen LogP contribution < -0.4 is 27.0 Å². The fourth-order valence-electron chi connectivity index (χ4n) is 6.25. The first-order valence-corrected chi connectivity index (χ1v) is 17.8. The summed E-state index contributed by atoms with van der Waals surface area (Å²) in [7, 11) is 6.19. The molecule has 1 aliphatic carbocycles. The highest BCUT2D eigenvalue weighted by Crippen LogP contribution is 2.29. The van der Waals surface area contributed by atoms with Gasteiger partial charge in [-0.15, -0.1) is 0 Å². The summed E-state index contributed by atoms with van der Waals surface area (Å²) in [4.78, 5) is 66.4. The van der Waals surface area contributed by atoms with E-state index in [4.69, 9.17) is 5.73 Å². The predicted octanol–water partition coefficient (Wildman–Crippen LogP) is 2.50.